The summed E-state index contributed by atoms with van der Waals surface area (Å²) in [5.41, 5.74) is 0. The molecule has 2 N–H and O–H groups in total. The number of amides is 1. The largest absolute Gasteiger partial charge is 0.353 e. The summed E-state index contributed by atoms with van der Waals surface area (Å²) in [5, 5.41) is 6.65. The van der Waals surface area contributed by atoms with Gasteiger partial charge in [0.15, 0.2) is 0 Å². The van der Waals surface area contributed by atoms with E-state index in [1.165, 1.54) is 44.9 Å². The zero-order valence-electron chi connectivity index (χ0n) is 13.0. The van der Waals surface area contributed by atoms with Gasteiger partial charge in [-0.3, -0.25) is 9.69 Å². The van der Waals surface area contributed by atoms with Crippen molar-refractivity contribution in [1.82, 2.24) is 15.5 Å². The van der Waals surface area contributed by atoms with E-state index in [0.717, 1.165) is 26.2 Å². The van der Waals surface area contributed by atoms with Gasteiger partial charge in [0.05, 0.1) is 0 Å². The SMILES string of the molecule is CCCN(CCC(=O)NC1CCCCC1)C1CCNC1. The van der Waals surface area contributed by atoms with E-state index in [2.05, 4.69) is 22.5 Å². The fourth-order valence-electron chi connectivity index (χ4n) is 3.51. The van der Waals surface area contributed by atoms with E-state index < -0.39 is 0 Å². The summed E-state index contributed by atoms with van der Waals surface area (Å²) in [5.74, 6) is 0.254. The molecule has 116 valence electrons. The van der Waals surface area contributed by atoms with Gasteiger partial charge in [-0.15, -0.1) is 0 Å². The lowest BCUT2D eigenvalue weighted by Crippen LogP contribution is -2.42. The lowest BCUT2D eigenvalue weighted by Gasteiger charge is -2.28. The number of nitrogens with one attached hydrogen (secondary N) is 2. The van der Waals surface area contributed by atoms with Crippen LogP contribution in [0.15, 0.2) is 0 Å². The molecule has 4 heteroatoms. The van der Waals surface area contributed by atoms with Crippen molar-refractivity contribution in [3.05, 3.63) is 0 Å². The molecule has 0 aromatic rings. The molecule has 0 radical (unpaired) electrons. The topological polar surface area (TPSA) is 44.4 Å². The van der Waals surface area contributed by atoms with E-state index >= 15 is 0 Å². The minimum absolute atomic E-state index is 0.254. The lowest BCUT2D eigenvalue weighted by molar-refractivity contribution is -0.122. The maximum absolute atomic E-state index is 12.1. The molecular formula is C16H31N3O. The van der Waals surface area contributed by atoms with Gasteiger partial charge in [-0.2, -0.15) is 0 Å². The molecule has 1 amide bonds. The van der Waals surface area contributed by atoms with E-state index in [9.17, 15) is 4.79 Å². The van der Waals surface area contributed by atoms with Crippen LogP contribution in [-0.4, -0.2) is 49.1 Å². The Labute approximate surface area is 123 Å². The Kier molecular flexibility index (Phi) is 6.80. The van der Waals surface area contributed by atoms with Crippen molar-refractivity contribution in [2.45, 2.75) is 70.4 Å². The number of nitrogens with zero attached hydrogens (tertiary/aromatic N) is 1. The van der Waals surface area contributed by atoms with Gasteiger partial charge in [0.2, 0.25) is 5.91 Å². The fraction of sp³-hybridized carbons (Fsp3) is 0.938. The first-order chi connectivity index (χ1) is 9.79. The average Bonchev–Trinajstić information content (AvgIpc) is 2.98. The quantitative estimate of drug-likeness (QED) is 0.749. The van der Waals surface area contributed by atoms with Crippen LogP contribution < -0.4 is 10.6 Å². The van der Waals surface area contributed by atoms with Crippen LogP contribution in [0.1, 0.15) is 58.3 Å². The Balaban J connectivity index is 1.69. The van der Waals surface area contributed by atoms with Crippen molar-refractivity contribution in [2.24, 2.45) is 0 Å². The van der Waals surface area contributed by atoms with Crippen LogP contribution in [0, 0.1) is 0 Å². The second kappa shape index (κ2) is 8.63. The van der Waals surface area contributed by atoms with Crippen molar-refractivity contribution in [1.29, 1.82) is 0 Å². The number of carbonyl (C=O) groups is 1. The monoisotopic (exact) mass is 281 g/mol. The first kappa shape index (κ1) is 15.8. The number of hydrogen-bond acceptors (Lipinski definition) is 3. The van der Waals surface area contributed by atoms with E-state index in [0.29, 0.717) is 18.5 Å². The highest BCUT2D eigenvalue weighted by molar-refractivity contribution is 5.76. The summed E-state index contributed by atoms with van der Waals surface area (Å²) in [4.78, 5) is 14.6. The number of rotatable bonds is 7. The molecule has 2 fully saturated rings. The molecule has 0 spiro atoms. The van der Waals surface area contributed by atoms with Gasteiger partial charge in [0.25, 0.3) is 0 Å². The third-order valence-corrected chi connectivity index (χ3v) is 4.66. The van der Waals surface area contributed by atoms with Crippen LogP contribution in [0.2, 0.25) is 0 Å². The summed E-state index contributed by atoms with van der Waals surface area (Å²) in [6.45, 7) is 6.46. The van der Waals surface area contributed by atoms with Gasteiger partial charge in [-0.25, -0.2) is 0 Å². The van der Waals surface area contributed by atoms with Crippen molar-refractivity contribution in [3.63, 3.8) is 0 Å². The molecule has 1 heterocycles. The molecule has 0 aromatic heterocycles. The predicted octanol–water partition coefficient (Wildman–Crippen LogP) is 1.90. The third-order valence-electron chi connectivity index (χ3n) is 4.66. The van der Waals surface area contributed by atoms with Crippen molar-refractivity contribution >= 4 is 5.91 Å². The highest BCUT2D eigenvalue weighted by Crippen LogP contribution is 2.17. The van der Waals surface area contributed by atoms with Gasteiger partial charge >= 0.3 is 0 Å². The molecule has 2 rings (SSSR count). The minimum Gasteiger partial charge on any atom is -0.353 e. The van der Waals surface area contributed by atoms with Crippen LogP contribution in [-0.2, 0) is 4.79 Å². The van der Waals surface area contributed by atoms with Crippen molar-refractivity contribution in [2.75, 3.05) is 26.2 Å². The molecule has 1 saturated heterocycles. The van der Waals surface area contributed by atoms with Gasteiger partial charge in [0.1, 0.15) is 0 Å². The van der Waals surface area contributed by atoms with E-state index in [1.54, 1.807) is 0 Å². The molecule has 1 aliphatic carbocycles. The van der Waals surface area contributed by atoms with Crippen LogP contribution in [0.3, 0.4) is 0 Å². The molecule has 1 aliphatic heterocycles. The van der Waals surface area contributed by atoms with Crippen LogP contribution in [0.4, 0.5) is 0 Å². The lowest BCUT2D eigenvalue weighted by atomic mass is 9.95. The first-order valence-electron chi connectivity index (χ1n) is 8.53. The Bertz CT molecular complexity index is 283. The van der Waals surface area contributed by atoms with Crippen LogP contribution in [0.25, 0.3) is 0 Å². The smallest absolute Gasteiger partial charge is 0.221 e. The maximum atomic E-state index is 12.1. The van der Waals surface area contributed by atoms with Crippen LogP contribution in [0.5, 0.6) is 0 Å². The fourth-order valence-corrected chi connectivity index (χ4v) is 3.51. The van der Waals surface area contributed by atoms with E-state index in [4.69, 9.17) is 0 Å². The van der Waals surface area contributed by atoms with E-state index in [-0.39, 0.29) is 5.91 Å². The zero-order chi connectivity index (χ0) is 14.2. The molecule has 20 heavy (non-hydrogen) atoms. The molecule has 0 bridgehead atoms. The zero-order valence-corrected chi connectivity index (χ0v) is 13.0. The number of hydrogen-bond donors (Lipinski definition) is 2. The highest BCUT2D eigenvalue weighted by atomic mass is 16.1. The summed E-state index contributed by atoms with van der Waals surface area (Å²) in [6, 6.07) is 1.08. The molecule has 4 nitrogen and oxygen atoms in total. The van der Waals surface area contributed by atoms with Gasteiger partial charge in [-0.1, -0.05) is 26.2 Å². The van der Waals surface area contributed by atoms with Crippen molar-refractivity contribution in [3.8, 4) is 0 Å². The van der Waals surface area contributed by atoms with Gasteiger partial charge in [-0.05, 0) is 38.8 Å². The molecule has 1 saturated carbocycles. The maximum Gasteiger partial charge on any atom is 0.221 e. The molecule has 2 aliphatic rings. The Morgan fingerprint density at radius 3 is 2.65 bits per heavy atom. The Hall–Kier alpha value is -0.610. The Morgan fingerprint density at radius 1 is 1.20 bits per heavy atom. The molecule has 0 aromatic carbocycles. The molecular weight excluding hydrogens is 250 g/mol. The van der Waals surface area contributed by atoms with Crippen LogP contribution >= 0.6 is 0 Å². The molecule has 1 atom stereocenters. The summed E-state index contributed by atoms with van der Waals surface area (Å²) < 4.78 is 0. The van der Waals surface area contributed by atoms with E-state index in [1.807, 2.05) is 0 Å². The standard InChI is InChI=1S/C16H31N3O/c1-2-11-19(15-8-10-17-13-15)12-9-16(20)18-14-6-4-3-5-7-14/h14-15,17H,2-13H2,1H3,(H,18,20). The minimum atomic E-state index is 0.254. The Morgan fingerprint density at radius 2 is 2.00 bits per heavy atom. The first-order valence-corrected chi connectivity index (χ1v) is 8.53. The number of carbonyl (C=O) groups excluding carboxylic acids is 1. The van der Waals surface area contributed by atoms with Gasteiger partial charge < -0.3 is 10.6 Å². The summed E-state index contributed by atoms with van der Waals surface area (Å²) >= 11 is 0. The average molecular weight is 281 g/mol. The second-order valence-corrected chi connectivity index (χ2v) is 6.34. The normalized spacial score (nSPS) is 24.2. The summed E-state index contributed by atoms with van der Waals surface area (Å²) in [6.07, 6.45) is 9.30. The van der Waals surface area contributed by atoms with Crippen molar-refractivity contribution < 1.29 is 4.79 Å². The predicted molar refractivity (Wildman–Crippen MR) is 82.8 cm³/mol. The third kappa shape index (κ3) is 5.06. The van der Waals surface area contributed by atoms with Gasteiger partial charge in [0, 0.05) is 31.6 Å². The summed E-state index contributed by atoms with van der Waals surface area (Å²) in [7, 11) is 0. The second-order valence-electron chi connectivity index (χ2n) is 6.34. The highest BCUT2D eigenvalue weighted by Gasteiger charge is 2.22. The molecule has 1 unspecified atom stereocenters.